The van der Waals surface area contributed by atoms with Crippen molar-refractivity contribution in [1.29, 1.82) is 0 Å². The Bertz CT molecular complexity index is 587. The van der Waals surface area contributed by atoms with Crippen LogP contribution in [0.4, 0.5) is 0 Å². The maximum atomic E-state index is 11.9. The number of carboxylic acids is 1. The van der Waals surface area contributed by atoms with Crippen molar-refractivity contribution in [2.24, 2.45) is 0 Å². The maximum absolute atomic E-state index is 11.9. The van der Waals surface area contributed by atoms with Crippen molar-refractivity contribution in [3.05, 3.63) is 0 Å². The summed E-state index contributed by atoms with van der Waals surface area (Å²) in [5.74, 6) is -0.710. The highest BCUT2D eigenvalue weighted by Gasteiger charge is 2.02. The van der Waals surface area contributed by atoms with E-state index in [1.807, 2.05) is 0 Å². The van der Waals surface area contributed by atoms with E-state index in [2.05, 4.69) is 10.6 Å². The number of carboxylic acid groups (broad SMARTS) is 1. The van der Waals surface area contributed by atoms with Crippen LogP contribution in [0.5, 0.6) is 0 Å². The third-order valence-corrected chi connectivity index (χ3v) is 6.20. The largest absolute Gasteiger partial charge is 0.481 e. The molecule has 9 nitrogen and oxygen atoms in total. The molecule has 0 aliphatic rings. The molecule has 9 heteroatoms. The molecule has 0 saturated carbocycles. The predicted molar refractivity (Wildman–Crippen MR) is 149 cm³/mol. The number of amides is 2. The van der Waals surface area contributed by atoms with Gasteiger partial charge in [0.1, 0.15) is 0 Å². The zero-order valence-electron chi connectivity index (χ0n) is 23.6. The van der Waals surface area contributed by atoms with Crippen LogP contribution in [-0.2, 0) is 28.7 Å². The van der Waals surface area contributed by atoms with Crippen LogP contribution in [0.1, 0.15) is 122 Å². The summed E-state index contributed by atoms with van der Waals surface area (Å²) in [6.07, 6.45) is 19.5. The molecule has 0 heterocycles. The number of unbranched alkanes of at least 4 members (excludes halogenated alkanes) is 12. The highest BCUT2D eigenvalue weighted by atomic mass is 16.5. The third kappa shape index (κ3) is 30.2. The first-order valence-corrected chi connectivity index (χ1v) is 14.8. The molecule has 38 heavy (non-hydrogen) atoms. The summed E-state index contributed by atoms with van der Waals surface area (Å²) >= 11 is 0. The lowest BCUT2D eigenvalue weighted by molar-refractivity contribution is -0.137. The van der Waals surface area contributed by atoms with Crippen LogP contribution in [0.15, 0.2) is 0 Å². The molecular formula is C29H53N2O7. The van der Waals surface area contributed by atoms with Gasteiger partial charge in [-0.1, -0.05) is 70.6 Å². The van der Waals surface area contributed by atoms with E-state index in [-0.39, 0.29) is 24.7 Å². The minimum atomic E-state index is -0.687. The second-order valence-corrected chi connectivity index (χ2v) is 9.77. The van der Waals surface area contributed by atoms with Gasteiger partial charge in [0.15, 0.2) is 6.29 Å². The quantitative estimate of drug-likeness (QED) is 0.111. The summed E-state index contributed by atoms with van der Waals surface area (Å²) in [6, 6.07) is 0. The standard InChI is InChI=1S/C29H53N2O7/c32-22-14-18-28(34)31-21-16-24-38-26-25-37-23-15-20-30-27(33)17-12-10-8-6-4-2-1-3-5-7-9-11-13-19-29(35)36/h1-21,23-26H2,(H,30,33)(H,31,34)(H,35,36). The van der Waals surface area contributed by atoms with E-state index >= 15 is 0 Å². The molecular weight excluding hydrogens is 488 g/mol. The van der Waals surface area contributed by atoms with E-state index in [4.69, 9.17) is 14.6 Å². The summed E-state index contributed by atoms with van der Waals surface area (Å²) in [5.41, 5.74) is 0. The average Bonchev–Trinajstić information content (AvgIpc) is 2.90. The Balaban J connectivity index is 3.20. The van der Waals surface area contributed by atoms with E-state index in [1.165, 1.54) is 51.4 Å². The Kier molecular flexibility index (Phi) is 28.0. The third-order valence-electron chi connectivity index (χ3n) is 6.20. The van der Waals surface area contributed by atoms with Gasteiger partial charge in [-0.05, 0) is 25.7 Å². The summed E-state index contributed by atoms with van der Waals surface area (Å²) < 4.78 is 10.9. The van der Waals surface area contributed by atoms with Crippen molar-refractivity contribution < 1.29 is 33.8 Å². The van der Waals surface area contributed by atoms with Gasteiger partial charge in [0.25, 0.3) is 0 Å². The molecule has 0 bridgehead atoms. The lowest BCUT2D eigenvalue weighted by Gasteiger charge is -2.08. The summed E-state index contributed by atoms with van der Waals surface area (Å²) in [7, 11) is 0. The van der Waals surface area contributed by atoms with Crippen LogP contribution < -0.4 is 10.6 Å². The van der Waals surface area contributed by atoms with Gasteiger partial charge in [-0.3, -0.25) is 19.2 Å². The molecule has 0 atom stereocenters. The minimum Gasteiger partial charge on any atom is -0.481 e. The topological polar surface area (TPSA) is 131 Å². The average molecular weight is 542 g/mol. The number of hydrogen-bond donors (Lipinski definition) is 3. The Labute approximate surface area is 230 Å². The van der Waals surface area contributed by atoms with Crippen molar-refractivity contribution in [1.82, 2.24) is 10.6 Å². The molecule has 0 aromatic rings. The highest BCUT2D eigenvalue weighted by molar-refractivity contribution is 5.78. The Morgan fingerprint density at radius 1 is 0.526 bits per heavy atom. The number of carbonyl (C=O) groups is 3. The first-order valence-electron chi connectivity index (χ1n) is 14.8. The van der Waals surface area contributed by atoms with Gasteiger partial charge in [-0.25, -0.2) is 0 Å². The van der Waals surface area contributed by atoms with Crippen molar-refractivity contribution in [3.63, 3.8) is 0 Å². The van der Waals surface area contributed by atoms with E-state index in [1.54, 1.807) is 6.29 Å². The summed E-state index contributed by atoms with van der Waals surface area (Å²) in [4.78, 5) is 43.7. The van der Waals surface area contributed by atoms with E-state index in [9.17, 15) is 19.2 Å². The molecule has 0 aliphatic carbocycles. The van der Waals surface area contributed by atoms with Crippen molar-refractivity contribution >= 4 is 24.1 Å². The summed E-state index contributed by atoms with van der Waals surface area (Å²) in [5, 5.41) is 14.3. The molecule has 0 saturated heterocycles. The number of carbonyl (C=O) groups excluding carboxylic acids is 3. The van der Waals surface area contributed by atoms with E-state index in [0.29, 0.717) is 58.8 Å². The molecule has 0 spiro atoms. The van der Waals surface area contributed by atoms with Gasteiger partial charge >= 0.3 is 5.97 Å². The Morgan fingerprint density at radius 2 is 0.921 bits per heavy atom. The molecule has 1 radical (unpaired) electrons. The normalized spacial score (nSPS) is 10.8. The monoisotopic (exact) mass is 541 g/mol. The van der Waals surface area contributed by atoms with Gasteiger partial charge in [-0.2, -0.15) is 0 Å². The highest BCUT2D eigenvalue weighted by Crippen LogP contribution is 2.13. The number of ether oxygens (including phenoxy) is 2. The number of hydrogen-bond acceptors (Lipinski definition) is 6. The second-order valence-electron chi connectivity index (χ2n) is 9.77. The lowest BCUT2D eigenvalue weighted by atomic mass is 10.0. The van der Waals surface area contributed by atoms with Gasteiger partial charge in [0.2, 0.25) is 11.8 Å². The van der Waals surface area contributed by atoms with Gasteiger partial charge < -0.3 is 25.2 Å². The smallest absolute Gasteiger partial charge is 0.303 e. The molecule has 0 aromatic heterocycles. The van der Waals surface area contributed by atoms with E-state index < -0.39 is 5.97 Å². The van der Waals surface area contributed by atoms with Crippen LogP contribution in [-0.4, -0.2) is 68.7 Å². The second kappa shape index (κ2) is 29.6. The number of rotatable bonds is 30. The predicted octanol–water partition coefficient (Wildman–Crippen LogP) is 4.86. The minimum absolute atomic E-state index is 0.118. The van der Waals surface area contributed by atoms with Crippen LogP contribution in [0.25, 0.3) is 0 Å². The van der Waals surface area contributed by atoms with Crippen LogP contribution >= 0.6 is 0 Å². The fourth-order valence-corrected chi connectivity index (χ4v) is 3.97. The van der Waals surface area contributed by atoms with E-state index in [0.717, 1.165) is 38.5 Å². The molecule has 221 valence electrons. The molecule has 0 aliphatic heterocycles. The number of aliphatic carboxylic acids is 1. The first-order chi connectivity index (χ1) is 18.6. The van der Waals surface area contributed by atoms with Gasteiger partial charge in [-0.15, -0.1) is 0 Å². The molecule has 0 aromatic carbocycles. The zero-order chi connectivity index (χ0) is 27.9. The maximum Gasteiger partial charge on any atom is 0.303 e. The fourth-order valence-electron chi connectivity index (χ4n) is 3.97. The van der Waals surface area contributed by atoms with Crippen LogP contribution in [0.2, 0.25) is 0 Å². The molecule has 0 rings (SSSR count). The molecule has 3 N–H and O–H groups in total. The zero-order valence-corrected chi connectivity index (χ0v) is 23.6. The Hall–Kier alpha value is -2.00. The lowest BCUT2D eigenvalue weighted by Crippen LogP contribution is -2.25. The van der Waals surface area contributed by atoms with Gasteiger partial charge in [0.05, 0.1) is 13.2 Å². The number of nitrogens with one attached hydrogen (secondary N) is 2. The first kappa shape index (κ1) is 36.0. The fraction of sp³-hybridized carbons (Fsp3) is 0.862. The van der Waals surface area contributed by atoms with Crippen LogP contribution in [0.3, 0.4) is 0 Å². The van der Waals surface area contributed by atoms with Gasteiger partial charge in [0, 0.05) is 52.0 Å². The SMILES string of the molecule is O=[C]CCC(=O)NCCCOCCOCCCNC(=O)CCCCCCCCCCCCCCCC(=O)O. The van der Waals surface area contributed by atoms with Crippen molar-refractivity contribution in [3.8, 4) is 0 Å². The van der Waals surface area contributed by atoms with Crippen molar-refractivity contribution in [2.45, 2.75) is 122 Å². The Morgan fingerprint density at radius 3 is 1.34 bits per heavy atom. The van der Waals surface area contributed by atoms with Crippen molar-refractivity contribution in [2.75, 3.05) is 39.5 Å². The molecule has 0 fully saturated rings. The summed E-state index contributed by atoms with van der Waals surface area (Å²) in [6.45, 7) is 3.28. The van der Waals surface area contributed by atoms with Crippen LogP contribution in [0, 0.1) is 0 Å². The molecule has 2 amide bonds. The molecule has 0 unspecified atom stereocenters.